The highest BCUT2D eigenvalue weighted by atomic mass is 15.3. The number of para-hydroxylation sites is 2. The van der Waals surface area contributed by atoms with E-state index in [1.165, 1.54) is 11.7 Å². The Labute approximate surface area is 140 Å². The average Bonchev–Trinajstić information content (AvgIpc) is 3.25. The maximum atomic E-state index is 8.89. The van der Waals surface area contributed by atoms with Crippen molar-refractivity contribution in [2.24, 2.45) is 0 Å². The van der Waals surface area contributed by atoms with Crippen LogP contribution in [0.15, 0.2) is 36.7 Å². The first-order chi connectivity index (χ1) is 11.8. The van der Waals surface area contributed by atoms with Gasteiger partial charge in [-0.3, -0.25) is 0 Å². The quantitative estimate of drug-likeness (QED) is 0.742. The third-order valence-corrected chi connectivity index (χ3v) is 4.60. The molecule has 24 heavy (non-hydrogen) atoms. The van der Waals surface area contributed by atoms with Gasteiger partial charge in [-0.05, 0) is 31.9 Å². The normalized spacial score (nSPS) is 17.3. The molecule has 120 valence electrons. The minimum atomic E-state index is 0.194. The SMILES string of the molecule is CCn1c(C2CCCN2c2cnc(C#N)cn2)nc2ccccc21. The zero-order valence-corrected chi connectivity index (χ0v) is 13.6. The van der Waals surface area contributed by atoms with Crippen LogP contribution in [0.2, 0.25) is 0 Å². The number of hydrogen-bond donors (Lipinski definition) is 0. The van der Waals surface area contributed by atoms with Gasteiger partial charge in [-0.1, -0.05) is 12.1 Å². The Kier molecular flexibility index (Phi) is 3.62. The molecule has 0 aliphatic carbocycles. The van der Waals surface area contributed by atoms with Crippen LogP contribution in [0.5, 0.6) is 0 Å². The average molecular weight is 318 g/mol. The van der Waals surface area contributed by atoms with Crippen LogP contribution in [0.3, 0.4) is 0 Å². The summed E-state index contributed by atoms with van der Waals surface area (Å²) in [6.45, 7) is 3.97. The van der Waals surface area contributed by atoms with Crippen LogP contribution in [-0.2, 0) is 6.54 Å². The second kappa shape index (κ2) is 5.93. The zero-order chi connectivity index (χ0) is 16.5. The van der Waals surface area contributed by atoms with Crippen molar-refractivity contribution in [2.75, 3.05) is 11.4 Å². The summed E-state index contributed by atoms with van der Waals surface area (Å²) in [5, 5.41) is 8.89. The first-order valence-electron chi connectivity index (χ1n) is 8.25. The van der Waals surface area contributed by atoms with Crippen molar-refractivity contribution in [3.05, 3.63) is 48.2 Å². The zero-order valence-electron chi connectivity index (χ0n) is 13.6. The van der Waals surface area contributed by atoms with Crippen LogP contribution in [0.4, 0.5) is 5.82 Å². The largest absolute Gasteiger partial charge is 0.345 e. The van der Waals surface area contributed by atoms with Gasteiger partial charge in [-0.25, -0.2) is 15.0 Å². The summed E-state index contributed by atoms with van der Waals surface area (Å²) in [5.74, 6) is 1.90. The van der Waals surface area contributed by atoms with E-state index in [0.29, 0.717) is 5.69 Å². The molecule has 6 nitrogen and oxygen atoms in total. The Hall–Kier alpha value is -2.94. The number of imidazole rings is 1. The highest BCUT2D eigenvalue weighted by Crippen LogP contribution is 2.35. The van der Waals surface area contributed by atoms with Gasteiger partial charge in [0.1, 0.15) is 17.7 Å². The monoisotopic (exact) mass is 318 g/mol. The van der Waals surface area contributed by atoms with Crippen molar-refractivity contribution in [3.63, 3.8) is 0 Å². The molecule has 0 bridgehead atoms. The summed E-state index contributed by atoms with van der Waals surface area (Å²) in [5.41, 5.74) is 2.55. The molecule has 1 atom stereocenters. The predicted molar refractivity (Wildman–Crippen MR) is 91.5 cm³/mol. The van der Waals surface area contributed by atoms with E-state index in [0.717, 1.165) is 43.1 Å². The van der Waals surface area contributed by atoms with Crippen molar-refractivity contribution >= 4 is 16.9 Å². The molecule has 0 spiro atoms. The number of benzene rings is 1. The molecule has 1 saturated heterocycles. The Morgan fingerprint density at radius 2 is 2.12 bits per heavy atom. The number of nitrogens with zero attached hydrogens (tertiary/aromatic N) is 6. The van der Waals surface area contributed by atoms with Gasteiger partial charge in [0.05, 0.1) is 29.5 Å². The predicted octanol–water partition coefficient (Wildman–Crippen LogP) is 3.06. The third-order valence-electron chi connectivity index (χ3n) is 4.60. The topological polar surface area (TPSA) is 70.6 Å². The lowest BCUT2D eigenvalue weighted by Gasteiger charge is -2.25. The van der Waals surface area contributed by atoms with E-state index < -0.39 is 0 Å². The number of aromatic nitrogens is 4. The molecule has 1 aliphatic heterocycles. The van der Waals surface area contributed by atoms with E-state index in [1.807, 2.05) is 12.1 Å². The van der Waals surface area contributed by atoms with E-state index >= 15 is 0 Å². The molecule has 4 rings (SSSR count). The smallest absolute Gasteiger partial charge is 0.158 e. The molecule has 1 aliphatic rings. The molecule has 2 aromatic heterocycles. The van der Waals surface area contributed by atoms with E-state index in [2.05, 4.69) is 44.6 Å². The van der Waals surface area contributed by atoms with Crippen LogP contribution in [0, 0.1) is 11.3 Å². The van der Waals surface area contributed by atoms with Gasteiger partial charge in [0.25, 0.3) is 0 Å². The van der Waals surface area contributed by atoms with Gasteiger partial charge in [0.15, 0.2) is 5.69 Å². The Bertz CT molecular complexity index is 905. The first-order valence-corrected chi connectivity index (χ1v) is 8.25. The maximum Gasteiger partial charge on any atom is 0.158 e. The molecule has 0 saturated carbocycles. The van der Waals surface area contributed by atoms with E-state index in [1.54, 1.807) is 6.20 Å². The van der Waals surface area contributed by atoms with Gasteiger partial charge in [-0.2, -0.15) is 5.26 Å². The number of fused-ring (bicyclic) bond motifs is 1. The Balaban J connectivity index is 1.76. The minimum Gasteiger partial charge on any atom is -0.345 e. The molecule has 1 unspecified atom stereocenters. The second-order valence-electron chi connectivity index (χ2n) is 5.93. The van der Waals surface area contributed by atoms with E-state index in [9.17, 15) is 0 Å². The summed E-state index contributed by atoms with van der Waals surface area (Å²) in [4.78, 5) is 15.7. The van der Waals surface area contributed by atoms with Crippen LogP contribution < -0.4 is 4.90 Å². The molecule has 1 aromatic carbocycles. The Morgan fingerprint density at radius 1 is 1.25 bits per heavy atom. The standard InChI is InChI=1S/C18H18N6/c1-2-23-15-7-4-3-6-14(15)22-18(23)16-8-5-9-24(16)17-12-20-13(10-19)11-21-17/h3-4,6-7,11-12,16H,2,5,8-9H2,1H3. The summed E-state index contributed by atoms with van der Waals surface area (Å²) in [6, 6.07) is 10.5. The van der Waals surface area contributed by atoms with Crippen LogP contribution >= 0.6 is 0 Å². The fraction of sp³-hybridized carbons (Fsp3) is 0.333. The Morgan fingerprint density at radius 3 is 2.88 bits per heavy atom. The summed E-state index contributed by atoms with van der Waals surface area (Å²) in [6.07, 6.45) is 5.37. The molecular weight excluding hydrogens is 300 g/mol. The molecule has 3 aromatic rings. The third kappa shape index (κ3) is 2.29. The maximum absolute atomic E-state index is 8.89. The number of nitriles is 1. The molecule has 0 N–H and O–H groups in total. The summed E-state index contributed by atoms with van der Waals surface area (Å²) >= 11 is 0. The number of rotatable bonds is 3. The van der Waals surface area contributed by atoms with Crippen molar-refractivity contribution in [3.8, 4) is 6.07 Å². The van der Waals surface area contributed by atoms with Gasteiger partial charge in [0.2, 0.25) is 0 Å². The number of anilines is 1. The van der Waals surface area contributed by atoms with E-state index in [-0.39, 0.29) is 6.04 Å². The van der Waals surface area contributed by atoms with Gasteiger partial charge >= 0.3 is 0 Å². The minimum absolute atomic E-state index is 0.194. The lowest BCUT2D eigenvalue weighted by atomic mass is 10.2. The molecular formula is C18H18N6. The van der Waals surface area contributed by atoms with Gasteiger partial charge < -0.3 is 9.47 Å². The van der Waals surface area contributed by atoms with Gasteiger partial charge in [-0.15, -0.1) is 0 Å². The summed E-state index contributed by atoms with van der Waals surface area (Å²) in [7, 11) is 0. The number of hydrogen-bond acceptors (Lipinski definition) is 5. The lowest BCUT2D eigenvalue weighted by molar-refractivity contribution is 0.605. The molecule has 0 amide bonds. The van der Waals surface area contributed by atoms with Crippen LogP contribution in [0.1, 0.15) is 37.3 Å². The highest BCUT2D eigenvalue weighted by Gasteiger charge is 2.31. The molecule has 3 heterocycles. The fourth-order valence-corrected chi connectivity index (χ4v) is 3.52. The first kappa shape index (κ1) is 14.6. The molecule has 1 fully saturated rings. The highest BCUT2D eigenvalue weighted by molar-refractivity contribution is 5.76. The van der Waals surface area contributed by atoms with Crippen LogP contribution in [-0.4, -0.2) is 26.1 Å². The fourth-order valence-electron chi connectivity index (χ4n) is 3.52. The van der Waals surface area contributed by atoms with Crippen molar-refractivity contribution in [2.45, 2.75) is 32.4 Å². The van der Waals surface area contributed by atoms with Gasteiger partial charge in [0, 0.05) is 13.1 Å². The van der Waals surface area contributed by atoms with E-state index in [4.69, 9.17) is 10.2 Å². The van der Waals surface area contributed by atoms with Crippen LogP contribution in [0.25, 0.3) is 11.0 Å². The van der Waals surface area contributed by atoms with Crippen molar-refractivity contribution < 1.29 is 0 Å². The second-order valence-corrected chi connectivity index (χ2v) is 5.93. The summed E-state index contributed by atoms with van der Waals surface area (Å²) < 4.78 is 2.29. The number of aryl methyl sites for hydroxylation is 1. The molecule has 6 heteroatoms. The van der Waals surface area contributed by atoms with Crippen molar-refractivity contribution in [1.82, 2.24) is 19.5 Å². The molecule has 0 radical (unpaired) electrons. The van der Waals surface area contributed by atoms with Crippen molar-refractivity contribution in [1.29, 1.82) is 5.26 Å². The lowest BCUT2D eigenvalue weighted by Crippen LogP contribution is -2.26.